The molecule has 25 heavy (non-hydrogen) atoms. The first-order valence-electron chi connectivity index (χ1n) is 8.39. The van der Waals surface area contributed by atoms with Crippen molar-refractivity contribution in [1.29, 1.82) is 0 Å². The number of aromatic nitrogens is 4. The van der Waals surface area contributed by atoms with Crippen LogP contribution in [0.3, 0.4) is 0 Å². The Hall–Kier alpha value is -2.57. The van der Waals surface area contributed by atoms with Gasteiger partial charge in [0, 0.05) is 55.6 Å². The van der Waals surface area contributed by atoms with Crippen molar-refractivity contribution in [3.05, 3.63) is 65.1 Å². The lowest BCUT2D eigenvalue weighted by molar-refractivity contribution is 0.244. The van der Waals surface area contributed by atoms with Crippen molar-refractivity contribution in [3.63, 3.8) is 0 Å². The van der Waals surface area contributed by atoms with Crippen molar-refractivity contribution in [1.82, 2.24) is 24.8 Å². The Bertz CT molecular complexity index is 1020. The summed E-state index contributed by atoms with van der Waals surface area (Å²) >= 11 is 1.69. The van der Waals surface area contributed by atoms with E-state index in [-0.39, 0.29) is 0 Å². The van der Waals surface area contributed by atoms with Gasteiger partial charge in [-0.25, -0.2) is 15.0 Å². The van der Waals surface area contributed by atoms with E-state index in [2.05, 4.69) is 43.6 Å². The summed E-state index contributed by atoms with van der Waals surface area (Å²) in [5.74, 6) is 0.852. The van der Waals surface area contributed by atoms with Gasteiger partial charge in [-0.1, -0.05) is 6.07 Å². The van der Waals surface area contributed by atoms with Crippen LogP contribution in [0.4, 0.5) is 0 Å². The average molecular weight is 347 g/mol. The third kappa shape index (κ3) is 2.73. The van der Waals surface area contributed by atoms with Crippen LogP contribution in [0.15, 0.2) is 48.2 Å². The van der Waals surface area contributed by atoms with Gasteiger partial charge in [0.05, 0.1) is 10.6 Å². The number of fused-ring (bicyclic) bond motifs is 2. The number of hydrogen-bond donors (Lipinski definition) is 1. The second-order valence-corrected chi connectivity index (χ2v) is 7.26. The van der Waals surface area contributed by atoms with Crippen LogP contribution in [0, 0.1) is 0 Å². The fourth-order valence-corrected chi connectivity index (χ4v) is 4.08. The van der Waals surface area contributed by atoms with Crippen LogP contribution in [0.2, 0.25) is 0 Å². The Morgan fingerprint density at radius 1 is 1.20 bits per heavy atom. The first kappa shape index (κ1) is 14.7. The van der Waals surface area contributed by atoms with Crippen molar-refractivity contribution in [3.8, 4) is 10.7 Å². The van der Waals surface area contributed by atoms with E-state index in [4.69, 9.17) is 4.98 Å². The van der Waals surface area contributed by atoms with E-state index in [1.807, 2.05) is 24.5 Å². The molecule has 1 N–H and O–H groups in total. The summed E-state index contributed by atoms with van der Waals surface area (Å²) in [4.78, 5) is 20.6. The second-order valence-electron chi connectivity index (χ2n) is 6.32. The van der Waals surface area contributed by atoms with Gasteiger partial charge in [0.15, 0.2) is 5.82 Å². The Labute approximate surface area is 149 Å². The van der Waals surface area contributed by atoms with E-state index in [1.54, 1.807) is 11.3 Å². The molecule has 0 spiro atoms. The quantitative estimate of drug-likeness (QED) is 0.615. The van der Waals surface area contributed by atoms with Gasteiger partial charge in [0.1, 0.15) is 5.65 Å². The zero-order valence-corrected chi connectivity index (χ0v) is 14.5. The molecular formula is C19H17N5S. The van der Waals surface area contributed by atoms with Gasteiger partial charge in [-0.05, 0) is 29.1 Å². The van der Waals surface area contributed by atoms with Crippen LogP contribution in [-0.4, -0.2) is 31.4 Å². The van der Waals surface area contributed by atoms with Gasteiger partial charge in [-0.15, -0.1) is 11.3 Å². The average Bonchev–Trinajstić information content (AvgIpc) is 3.32. The summed E-state index contributed by atoms with van der Waals surface area (Å²) in [6.07, 6.45) is 6.86. The van der Waals surface area contributed by atoms with Crippen molar-refractivity contribution in [2.24, 2.45) is 0 Å². The summed E-state index contributed by atoms with van der Waals surface area (Å²) in [6, 6.07) is 8.24. The molecule has 5 nitrogen and oxygen atoms in total. The minimum Gasteiger partial charge on any atom is -0.346 e. The molecule has 0 saturated heterocycles. The summed E-state index contributed by atoms with van der Waals surface area (Å²) in [6.45, 7) is 2.83. The van der Waals surface area contributed by atoms with Gasteiger partial charge in [-0.3, -0.25) is 4.90 Å². The maximum Gasteiger partial charge on any atom is 0.169 e. The van der Waals surface area contributed by atoms with Gasteiger partial charge in [0.2, 0.25) is 0 Å². The third-order valence-corrected chi connectivity index (χ3v) is 5.55. The highest BCUT2D eigenvalue weighted by molar-refractivity contribution is 7.13. The van der Waals surface area contributed by atoms with E-state index in [0.29, 0.717) is 0 Å². The predicted molar refractivity (Wildman–Crippen MR) is 99.3 cm³/mol. The largest absolute Gasteiger partial charge is 0.346 e. The number of H-pyrrole nitrogens is 1. The number of rotatable bonds is 3. The SMILES string of the molecule is c1csc(-c2ncc3c(n2)CCN(Cc2c[nH]c4ncccc24)C3)c1. The van der Waals surface area contributed by atoms with E-state index in [9.17, 15) is 0 Å². The van der Waals surface area contributed by atoms with E-state index >= 15 is 0 Å². The number of hydrogen-bond acceptors (Lipinski definition) is 5. The molecule has 0 fully saturated rings. The van der Waals surface area contributed by atoms with Crippen molar-refractivity contribution in [2.45, 2.75) is 19.5 Å². The topological polar surface area (TPSA) is 57.7 Å². The van der Waals surface area contributed by atoms with Crippen LogP contribution in [0.1, 0.15) is 16.8 Å². The first-order chi connectivity index (χ1) is 12.4. The lowest BCUT2D eigenvalue weighted by atomic mass is 10.1. The predicted octanol–water partition coefficient (Wildman–Crippen LogP) is 3.64. The molecule has 0 aromatic carbocycles. The van der Waals surface area contributed by atoms with Gasteiger partial charge in [0.25, 0.3) is 0 Å². The molecule has 4 aromatic rings. The van der Waals surface area contributed by atoms with Crippen LogP contribution in [0.25, 0.3) is 21.7 Å². The first-order valence-corrected chi connectivity index (χ1v) is 9.27. The minimum atomic E-state index is 0.852. The molecule has 5 heterocycles. The number of nitrogens with one attached hydrogen (secondary N) is 1. The number of thiophene rings is 1. The molecule has 0 saturated carbocycles. The molecule has 0 radical (unpaired) electrons. The second kappa shape index (κ2) is 6.06. The minimum absolute atomic E-state index is 0.852. The zero-order valence-electron chi connectivity index (χ0n) is 13.6. The lowest BCUT2D eigenvalue weighted by Gasteiger charge is -2.27. The summed E-state index contributed by atoms with van der Waals surface area (Å²) in [5, 5.41) is 3.27. The zero-order chi connectivity index (χ0) is 16.6. The van der Waals surface area contributed by atoms with E-state index in [1.165, 1.54) is 22.2 Å². The molecule has 1 aliphatic rings. The number of nitrogens with zero attached hydrogens (tertiary/aromatic N) is 4. The fourth-order valence-electron chi connectivity index (χ4n) is 3.42. The number of pyridine rings is 1. The van der Waals surface area contributed by atoms with E-state index < -0.39 is 0 Å². The third-order valence-electron chi connectivity index (χ3n) is 4.69. The summed E-state index contributed by atoms with van der Waals surface area (Å²) in [5.41, 5.74) is 4.68. The van der Waals surface area contributed by atoms with Crippen molar-refractivity contribution >= 4 is 22.4 Å². The highest BCUT2D eigenvalue weighted by atomic mass is 32.1. The molecule has 5 rings (SSSR count). The van der Waals surface area contributed by atoms with Crippen molar-refractivity contribution in [2.75, 3.05) is 6.54 Å². The summed E-state index contributed by atoms with van der Waals surface area (Å²) < 4.78 is 0. The highest BCUT2D eigenvalue weighted by Crippen LogP contribution is 2.25. The summed E-state index contributed by atoms with van der Waals surface area (Å²) in [7, 11) is 0. The molecule has 6 heteroatoms. The van der Waals surface area contributed by atoms with Gasteiger partial charge < -0.3 is 4.98 Å². The number of aromatic amines is 1. The maximum absolute atomic E-state index is 4.79. The monoisotopic (exact) mass is 347 g/mol. The van der Waals surface area contributed by atoms with Gasteiger partial charge >= 0.3 is 0 Å². The Morgan fingerprint density at radius 3 is 3.12 bits per heavy atom. The maximum atomic E-state index is 4.79. The van der Waals surface area contributed by atoms with Crippen LogP contribution in [-0.2, 0) is 19.5 Å². The lowest BCUT2D eigenvalue weighted by Crippen LogP contribution is -2.30. The van der Waals surface area contributed by atoms with Crippen LogP contribution >= 0.6 is 11.3 Å². The molecule has 0 atom stereocenters. The van der Waals surface area contributed by atoms with Crippen LogP contribution in [0.5, 0.6) is 0 Å². The molecule has 0 bridgehead atoms. The van der Waals surface area contributed by atoms with Crippen molar-refractivity contribution < 1.29 is 0 Å². The smallest absolute Gasteiger partial charge is 0.169 e. The Balaban J connectivity index is 1.37. The molecule has 0 unspecified atom stereocenters. The molecular weight excluding hydrogens is 330 g/mol. The standard InChI is InChI=1S/C19H17N5S/c1-3-15-13(9-21-18(15)20-6-1)11-24-7-5-16-14(12-24)10-22-19(23-16)17-4-2-8-25-17/h1-4,6,8-10H,5,7,11-12H2,(H,20,21). The Kier molecular flexibility index (Phi) is 3.57. The molecule has 124 valence electrons. The molecule has 0 amide bonds. The van der Waals surface area contributed by atoms with Crippen LogP contribution < -0.4 is 0 Å². The molecule has 1 aliphatic heterocycles. The highest BCUT2D eigenvalue weighted by Gasteiger charge is 2.20. The van der Waals surface area contributed by atoms with E-state index in [0.717, 1.165) is 42.4 Å². The molecule has 0 aliphatic carbocycles. The molecule has 4 aromatic heterocycles. The van der Waals surface area contributed by atoms with Gasteiger partial charge in [-0.2, -0.15) is 0 Å². The Morgan fingerprint density at radius 2 is 2.20 bits per heavy atom. The normalized spacial score (nSPS) is 14.7. The fraction of sp³-hybridized carbons (Fsp3) is 0.211.